The van der Waals surface area contributed by atoms with Crippen LogP contribution in [0.15, 0.2) is 5.38 Å². The highest BCUT2D eigenvalue weighted by Crippen LogP contribution is 2.15. The number of anilines is 1. The van der Waals surface area contributed by atoms with Crippen molar-refractivity contribution in [2.45, 2.75) is 19.8 Å². The molecule has 1 aromatic heterocycles. The number of nitrogens with one attached hydrogen (secondary N) is 1. The summed E-state index contributed by atoms with van der Waals surface area (Å²) in [7, 11) is 0. The summed E-state index contributed by atoms with van der Waals surface area (Å²) in [6.07, 6.45) is 1.98. The molecule has 0 unspecified atom stereocenters. The van der Waals surface area contributed by atoms with Gasteiger partial charge in [-0.2, -0.15) is 0 Å². The molecular formula is C10H19N3OS. The first-order valence-corrected chi connectivity index (χ1v) is 6.21. The second-order valence-electron chi connectivity index (χ2n) is 3.18. The van der Waals surface area contributed by atoms with Crippen molar-refractivity contribution in [3.05, 3.63) is 11.1 Å². The summed E-state index contributed by atoms with van der Waals surface area (Å²) in [6.45, 7) is 5.02. The van der Waals surface area contributed by atoms with Crippen LogP contribution in [0.25, 0.3) is 0 Å². The maximum Gasteiger partial charge on any atom is 0.182 e. The maximum atomic E-state index is 5.30. The molecule has 0 amide bonds. The lowest BCUT2D eigenvalue weighted by atomic mass is 10.4. The number of thiazole rings is 1. The number of aryl methyl sites for hydroxylation is 1. The normalized spacial score (nSPS) is 10.5. The van der Waals surface area contributed by atoms with Crippen LogP contribution in [-0.2, 0) is 11.2 Å². The Bertz CT molecular complexity index is 265. The first kappa shape index (κ1) is 12.4. The number of ether oxygens (including phenoxy) is 1. The molecule has 0 aliphatic rings. The van der Waals surface area contributed by atoms with Crippen molar-refractivity contribution in [1.82, 2.24) is 4.98 Å². The summed E-state index contributed by atoms with van der Waals surface area (Å²) in [5, 5.41) is 6.37. The van der Waals surface area contributed by atoms with Gasteiger partial charge < -0.3 is 15.8 Å². The number of aromatic nitrogens is 1. The lowest BCUT2D eigenvalue weighted by Gasteiger charge is -2.03. The SMILES string of the molecule is CCc1csc(NCCCOCCN)n1. The van der Waals surface area contributed by atoms with E-state index < -0.39 is 0 Å². The molecule has 86 valence electrons. The third-order valence-electron chi connectivity index (χ3n) is 1.92. The minimum absolute atomic E-state index is 0.597. The first-order valence-electron chi connectivity index (χ1n) is 5.33. The minimum atomic E-state index is 0.597. The van der Waals surface area contributed by atoms with Crippen LogP contribution in [0.3, 0.4) is 0 Å². The van der Waals surface area contributed by atoms with Crippen molar-refractivity contribution in [3.8, 4) is 0 Å². The van der Waals surface area contributed by atoms with Gasteiger partial charge in [0.2, 0.25) is 0 Å². The van der Waals surface area contributed by atoms with Crippen LogP contribution in [0.5, 0.6) is 0 Å². The maximum absolute atomic E-state index is 5.30. The van der Waals surface area contributed by atoms with Gasteiger partial charge in [0.05, 0.1) is 12.3 Å². The largest absolute Gasteiger partial charge is 0.380 e. The second-order valence-corrected chi connectivity index (χ2v) is 4.04. The molecule has 0 aliphatic heterocycles. The third kappa shape index (κ3) is 5.11. The van der Waals surface area contributed by atoms with Gasteiger partial charge in [-0.1, -0.05) is 6.92 Å². The van der Waals surface area contributed by atoms with Gasteiger partial charge in [0.25, 0.3) is 0 Å². The van der Waals surface area contributed by atoms with E-state index >= 15 is 0 Å². The molecule has 3 N–H and O–H groups in total. The number of hydrogen-bond acceptors (Lipinski definition) is 5. The monoisotopic (exact) mass is 229 g/mol. The second kappa shape index (κ2) is 7.62. The van der Waals surface area contributed by atoms with E-state index in [0.29, 0.717) is 13.2 Å². The van der Waals surface area contributed by atoms with Gasteiger partial charge in [0.15, 0.2) is 5.13 Å². The Balaban J connectivity index is 2.04. The van der Waals surface area contributed by atoms with Gasteiger partial charge >= 0.3 is 0 Å². The van der Waals surface area contributed by atoms with E-state index in [4.69, 9.17) is 10.5 Å². The quantitative estimate of drug-likeness (QED) is 0.663. The van der Waals surface area contributed by atoms with E-state index in [1.807, 2.05) is 0 Å². The highest BCUT2D eigenvalue weighted by molar-refractivity contribution is 7.13. The molecule has 4 nitrogen and oxygen atoms in total. The summed E-state index contributed by atoms with van der Waals surface area (Å²) in [5.41, 5.74) is 6.46. The average molecular weight is 229 g/mol. The topological polar surface area (TPSA) is 60.2 Å². The summed E-state index contributed by atoms with van der Waals surface area (Å²) in [4.78, 5) is 4.41. The van der Waals surface area contributed by atoms with Gasteiger partial charge in [0, 0.05) is 25.1 Å². The van der Waals surface area contributed by atoms with Crippen molar-refractivity contribution >= 4 is 16.5 Å². The molecule has 1 rings (SSSR count). The molecule has 0 aromatic carbocycles. The first-order chi connectivity index (χ1) is 7.36. The Kier molecular flexibility index (Phi) is 6.31. The predicted molar refractivity (Wildman–Crippen MR) is 64.5 cm³/mol. The van der Waals surface area contributed by atoms with Crippen molar-refractivity contribution in [3.63, 3.8) is 0 Å². The van der Waals surface area contributed by atoms with Gasteiger partial charge in [-0.3, -0.25) is 0 Å². The van der Waals surface area contributed by atoms with Crippen LogP contribution in [0, 0.1) is 0 Å². The van der Waals surface area contributed by atoms with E-state index in [1.165, 1.54) is 0 Å². The lowest BCUT2D eigenvalue weighted by Crippen LogP contribution is -2.11. The van der Waals surface area contributed by atoms with Crippen molar-refractivity contribution < 1.29 is 4.74 Å². The van der Waals surface area contributed by atoms with E-state index in [2.05, 4.69) is 22.6 Å². The number of nitrogens with zero attached hydrogens (tertiary/aromatic N) is 1. The number of rotatable bonds is 8. The Hall–Kier alpha value is -0.650. The molecule has 0 saturated carbocycles. The predicted octanol–water partition coefficient (Wildman–Crippen LogP) is 1.48. The molecule has 0 aliphatic carbocycles. The van der Waals surface area contributed by atoms with E-state index in [1.54, 1.807) is 11.3 Å². The third-order valence-corrected chi connectivity index (χ3v) is 2.77. The summed E-state index contributed by atoms with van der Waals surface area (Å²) in [5.74, 6) is 0. The van der Waals surface area contributed by atoms with Crippen LogP contribution >= 0.6 is 11.3 Å². The van der Waals surface area contributed by atoms with Crippen LogP contribution in [-0.4, -0.2) is 31.3 Å². The fourth-order valence-electron chi connectivity index (χ4n) is 1.11. The van der Waals surface area contributed by atoms with E-state index in [-0.39, 0.29) is 0 Å². The molecule has 1 aromatic rings. The molecule has 0 fully saturated rings. The number of nitrogens with two attached hydrogens (primary N) is 1. The number of hydrogen-bond donors (Lipinski definition) is 2. The van der Waals surface area contributed by atoms with E-state index in [9.17, 15) is 0 Å². The van der Waals surface area contributed by atoms with Gasteiger partial charge in [-0.25, -0.2) is 4.98 Å². The van der Waals surface area contributed by atoms with Crippen LogP contribution in [0.4, 0.5) is 5.13 Å². The molecule has 0 atom stereocenters. The Morgan fingerprint density at radius 2 is 2.40 bits per heavy atom. The summed E-state index contributed by atoms with van der Waals surface area (Å²) in [6, 6.07) is 0. The zero-order valence-corrected chi connectivity index (χ0v) is 9.98. The molecule has 0 bridgehead atoms. The fraction of sp³-hybridized carbons (Fsp3) is 0.700. The van der Waals surface area contributed by atoms with Gasteiger partial charge in [0.1, 0.15) is 0 Å². The van der Waals surface area contributed by atoms with Gasteiger partial charge in [-0.05, 0) is 12.8 Å². The Morgan fingerprint density at radius 3 is 3.07 bits per heavy atom. The van der Waals surface area contributed by atoms with Crippen molar-refractivity contribution in [2.24, 2.45) is 5.73 Å². The highest BCUT2D eigenvalue weighted by atomic mass is 32.1. The Morgan fingerprint density at radius 1 is 1.53 bits per heavy atom. The molecular weight excluding hydrogens is 210 g/mol. The van der Waals surface area contributed by atoms with Crippen molar-refractivity contribution in [1.29, 1.82) is 0 Å². The molecule has 0 spiro atoms. The van der Waals surface area contributed by atoms with Crippen LogP contribution in [0.2, 0.25) is 0 Å². The lowest BCUT2D eigenvalue weighted by molar-refractivity contribution is 0.141. The minimum Gasteiger partial charge on any atom is -0.380 e. The molecule has 0 saturated heterocycles. The Labute approximate surface area is 94.8 Å². The molecule has 5 heteroatoms. The highest BCUT2D eigenvalue weighted by Gasteiger charge is 1.98. The van der Waals surface area contributed by atoms with Crippen LogP contribution < -0.4 is 11.1 Å². The molecule has 0 radical (unpaired) electrons. The molecule has 15 heavy (non-hydrogen) atoms. The summed E-state index contributed by atoms with van der Waals surface area (Å²) >= 11 is 1.66. The van der Waals surface area contributed by atoms with Crippen molar-refractivity contribution in [2.75, 3.05) is 31.6 Å². The summed E-state index contributed by atoms with van der Waals surface area (Å²) < 4.78 is 5.27. The average Bonchev–Trinajstić information content (AvgIpc) is 2.71. The zero-order chi connectivity index (χ0) is 10.9. The standard InChI is InChI=1S/C10H19N3OS/c1-2-9-8-15-10(13-9)12-5-3-6-14-7-4-11/h8H,2-7,11H2,1H3,(H,12,13). The smallest absolute Gasteiger partial charge is 0.182 e. The fourth-order valence-corrected chi connectivity index (χ4v) is 1.93. The van der Waals surface area contributed by atoms with Crippen LogP contribution in [0.1, 0.15) is 19.0 Å². The molecule has 1 heterocycles. The van der Waals surface area contributed by atoms with E-state index in [0.717, 1.165) is 36.8 Å². The zero-order valence-electron chi connectivity index (χ0n) is 9.16. The van der Waals surface area contributed by atoms with Gasteiger partial charge in [-0.15, -0.1) is 11.3 Å².